The molecule has 0 aromatic heterocycles. The highest BCUT2D eigenvalue weighted by Gasteiger charge is 2.10. The fourth-order valence-electron chi connectivity index (χ4n) is 2.05. The van der Waals surface area contributed by atoms with Gasteiger partial charge in [-0.1, -0.05) is 61.3 Å². The Bertz CT molecular complexity index is 264. The highest BCUT2D eigenvalue weighted by atomic mass is 16.4. The molecule has 0 unspecified atom stereocenters. The van der Waals surface area contributed by atoms with E-state index in [1.165, 1.54) is 0 Å². The summed E-state index contributed by atoms with van der Waals surface area (Å²) in [5, 5.41) is 24.8. The fourth-order valence-corrected chi connectivity index (χ4v) is 2.05. The molecule has 5 nitrogen and oxygen atoms in total. The number of aliphatic carboxylic acids is 1. The summed E-state index contributed by atoms with van der Waals surface area (Å²) in [6.07, 6.45) is 6.55. The van der Waals surface area contributed by atoms with Gasteiger partial charge >= 0.3 is 5.97 Å². The van der Waals surface area contributed by atoms with E-state index < -0.39 is 5.97 Å². The largest absolute Gasteiger partial charge is 0.481 e. The lowest BCUT2D eigenvalue weighted by molar-refractivity contribution is -0.141. The average Bonchev–Trinajstić information content (AvgIpc) is 2.66. The molecule has 0 spiro atoms. The molecule has 0 rings (SSSR count). The van der Waals surface area contributed by atoms with Gasteiger partial charge in [0.05, 0.1) is 5.92 Å². The van der Waals surface area contributed by atoms with Crippen molar-refractivity contribution in [1.82, 2.24) is 0 Å². The monoisotopic (exact) mass is 392 g/mol. The third-order valence-electron chi connectivity index (χ3n) is 4.53. The van der Waals surface area contributed by atoms with Gasteiger partial charge in [0.25, 0.3) is 0 Å². The van der Waals surface area contributed by atoms with Crippen molar-refractivity contribution < 1.29 is 24.9 Å². The Balaban J connectivity index is -0.000000134. The molecule has 0 amide bonds. The second-order valence-corrected chi connectivity index (χ2v) is 6.56. The molecule has 0 fully saturated rings. The third kappa shape index (κ3) is 27.4. The van der Waals surface area contributed by atoms with E-state index in [1.807, 2.05) is 20.8 Å². The summed E-state index contributed by atoms with van der Waals surface area (Å²) >= 11 is 0. The van der Waals surface area contributed by atoms with Crippen LogP contribution in [0.15, 0.2) is 0 Å². The number of carbonyl (C=O) groups is 2. The van der Waals surface area contributed by atoms with Crippen molar-refractivity contribution in [3.63, 3.8) is 0 Å². The molecule has 0 aromatic rings. The van der Waals surface area contributed by atoms with Gasteiger partial charge in [0.15, 0.2) is 0 Å². The van der Waals surface area contributed by atoms with Crippen molar-refractivity contribution >= 4 is 11.8 Å². The number of aliphatic hydroxyl groups excluding tert-OH is 2. The minimum absolute atomic E-state index is 0.130. The molecule has 0 radical (unpaired) electrons. The van der Waals surface area contributed by atoms with Crippen LogP contribution in [0.25, 0.3) is 0 Å². The van der Waals surface area contributed by atoms with Gasteiger partial charge in [0, 0.05) is 19.1 Å². The maximum atomic E-state index is 10.6. The summed E-state index contributed by atoms with van der Waals surface area (Å²) in [6, 6.07) is 0. The van der Waals surface area contributed by atoms with Crippen LogP contribution in [-0.4, -0.2) is 40.3 Å². The second-order valence-electron chi connectivity index (χ2n) is 6.56. The second kappa shape index (κ2) is 27.3. The van der Waals surface area contributed by atoms with Crippen molar-refractivity contribution in [3.8, 4) is 0 Å². The average molecular weight is 393 g/mol. The first-order valence-electron chi connectivity index (χ1n) is 10.6. The van der Waals surface area contributed by atoms with Crippen LogP contribution in [0, 0.1) is 17.8 Å². The maximum absolute atomic E-state index is 10.6. The summed E-state index contributed by atoms with van der Waals surface area (Å²) in [7, 11) is 0. The molecule has 27 heavy (non-hydrogen) atoms. The molecule has 0 aliphatic carbocycles. The summed E-state index contributed by atoms with van der Waals surface area (Å²) < 4.78 is 0. The minimum atomic E-state index is -0.671. The molecule has 166 valence electrons. The first-order chi connectivity index (χ1) is 12.7. The minimum Gasteiger partial charge on any atom is -0.481 e. The predicted octanol–water partition coefficient (Wildman–Crippen LogP) is 5.32. The summed E-state index contributed by atoms with van der Waals surface area (Å²) in [4.78, 5) is 20.8. The third-order valence-corrected chi connectivity index (χ3v) is 4.53. The molecule has 0 aromatic carbocycles. The molecule has 3 N–H and O–H groups in total. The molecular formula is C22H48O5. The number of hydrogen-bond donors (Lipinski definition) is 3. The van der Waals surface area contributed by atoms with Crippen LogP contribution in [-0.2, 0) is 9.59 Å². The van der Waals surface area contributed by atoms with Crippen molar-refractivity contribution in [1.29, 1.82) is 0 Å². The Morgan fingerprint density at radius 2 is 1.04 bits per heavy atom. The van der Waals surface area contributed by atoms with E-state index >= 15 is 0 Å². The Morgan fingerprint density at radius 1 is 0.704 bits per heavy atom. The SMILES string of the molecule is CCC(CC)C(=O)O.CCC(CC)C(C)=O.CCC(CC)CO.CCCO. The number of aliphatic hydroxyl groups is 2. The van der Waals surface area contributed by atoms with Gasteiger partial charge in [-0.2, -0.15) is 0 Å². The first kappa shape index (κ1) is 33.6. The normalized spacial score (nSPS) is 9.67. The van der Waals surface area contributed by atoms with Gasteiger partial charge in [0.2, 0.25) is 0 Å². The Labute approximate surface area is 168 Å². The number of ketones is 1. The highest BCUT2D eigenvalue weighted by Crippen LogP contribution is 2.07. The lowest BCUT2D eigenvalue weighted by Crippen LogP contribution is -2.10. The molecule has 0 aliphatic heterocycles. The quantitative estimate of drug-likeness (QED) is 0.467. The molecule has 0 heterocycles. The van der Waals surface area contributed by atoms with E-state index in [-0.39, 0.29) is 5.92 Å². The molecule has 0 bridgehead atoms. The van der Waals surface area contributed by atoms with Gasteiger partial charge in [-0.05, 0) is 44.9 Å². The number of carboxylic acids is 1. The number of carboxylic acid groups (broad SMARTS) is 1. The van der Waals surface area contributed by atoms with Crippen molar-refractivity contribution in [2.24, 2.45) is 17.8 Å². The highest BCUT2D eigenvalue weighted by molar-refractivity contribution is 5.78. The number of carbonyl (C=O) groups excluding carboxylic acids is 1. The predicted molar refractivity (Wildman–Crippen MR) is 115 cm³/mol. The molecule has 0 saturated heterocycles. The van der Waals surface area contributed by atoms with E-state index in [2.05, 4.69) is 27.7 Å². The van der Waals surface area contributed by atoms with Crippen LogP contribution in [0.2, 0.25) is 0 Å². The Hall–Kier alpha value is -0.940. The Morgan fingerprint density at radius 3 is 1.04 bits per heavy atom. The van der Waals surface area contributed by atoms with E-state index in [0.717, 1.165) is 44.9 Å². The maximum Gasteiger partial charge on any atom is 0.306 e. The molecule has 0 aliphatic rings. The van der Waals surface area contributed by atoms with Gasteiger partial charge in [-0.15, -0.1) is 0 Å². The lowest BCUT2D eigenvalue weighted by atomic mass is 10.00. The Kier molecular flexibility index (Phi) is 34.0. The van der Waals surface area contributed by atoms with E-state index in [1.54, 1.807) is 6.92 Å². The molecular weight excluding hydrogens is 344 g/mol. The van der Waals surface area contributed by atoms with E-state index in [0.29, 0.717) is 30.8 Å². The lowest BCUT2D eigenvalue weighted by Gasteiger charge is -2.04. The fraction of sp³-hybridized carbons (Fsp3) is 0.909. The van der Waals surface area contributed by atoms with Crippen LogP contribution in [0.4, 0.5) is 0 Å². The van der Waals surface area contributed by atoms with E-state index in [4.69, 9.17) is 15.3 Å². The van der Waals surface area contributed by atoms with Crippen molar-refractivity contribution in [3.05, 3.63) is 0 Å². The van der Waals surface area contributed by atoms with Crippen molar-refractivity contribution in [2.45, 2.75) is 100 Å². The zero-order chi connectivity index (χ0) is 22.3. The van der Waals surface area contributed by atoms with Gasteiger partial charge < -0.3 is 15.3 Å². The topological polar surface area (TPSA) is 94.8 Å². The molecule has 5 heteroatoms. The van der Waals surface area contributed by atoms with Crippen LogP contribution >= 0.6 is 0 Å². The van der Waals surface area contributed by atoms with Crippen molar-refractivity contribution in [2.75, 3.05) is 13.2 Å². The molecule has 0 saturated carbocycles. The summed E-state index contributed by atoms with van der Waals surface area (Å²) in [5.41, 5.74) is 0. The first-order valence-corrected chi connectivity index (χ1v) is 10.6. The van der Waals surface area contributed by atoms with Crippen LogP contribution < -0.4 is 0 Å². The van der Waals surface area contributed by atoms with Crippen LogP contribution in [0.1, 0.15) is 100 Å². The summed E-state index contributed by atoms with van der Waals surface area (Å²) in [6.45, 7) is 16.4. The van der Waals surface area contributed by atoms with Crippen LogP contribution in [0.5, 0.6) is 0 Å². The number of Topliss-reactive ketones (excluding diaryl/α,β-unsaturated/α-hetero) is 1. The number of hydrogen-bond acceptors (Lipinski definition) is 4. The summed E-state index contributed by atoms with van der Waals surface area (Å²) in [5.74, 6) is 0.384. The van der Waals surface area contributed by atoms with E-state index in [9.17, 15) is 9.59 Å². The van der Waals surface area contributed by atoms with Gasteiger partial charge in [-0.3, -0.25) is 9.59 Å². The zero-order valence-electron chi connectivity index (χ0n) is 19.3. The van der Waals surface area contributed by atoms with Gasteiger partial charge in [-0.25, -0.2) is 0 Å². The smallest absolute Gasteiger partial charge is 0.306 e. The van der Waals surface area contributed by atoms with Crippen LogP contribution in [0.3, 0.4) is 0 Å². The molecule has 0 atom stereocenters. The standard InChI is InChI=1S/C7H14O.C6H12O2.C6H14O.C3H8O/c1-4-7(5-2)6(3)8;1-3-5(4-2)6(7)8;1-3-6(4-2)5-7;1-2-3-4/h7H,4-5H2,1-3H3;5H,3-4H2,1-2H3,(H,7,8);6-7H,3-5H2,1-2H3;4H,2-3H2,1H3. The zero-order valence-corrected chi connectivity index (χ0v) is 19.3. The van der Waals surface area contributed by atoms with Gasteiger partial charge in [0.1, 0.15) is 5.78 Å². The number of rotatable bonds is 10.